The Morgan fingerprint density at radius 2 is 2.18 bits per heavy atom. The molecule has 1 rings (SSSR count). The van der Waals surface area contributed by atoms with Gasteiger partial charge in [0, 0.05) is 19.3 Å². The fraction of sp³-hybridized carbons (Fsp3) is 0.500. The summed E-state index contributed by atoms with van der Waals surface area (Å²) >= 11 is 11.5. The molecule has 0 saturated heterocycles. The first-order valence-corrected chi connectivity index (χ1v) is 6.31. The zero-order chi connectivity index (χ0) is 13.0. The average molecular weight is 275 g/mol. The van der Waals surface area contributed by atoms with Gasteiger partial charge >= 0.3 is 0 Å². The van der Waals surface area contributed by atoms with Crippen molar-refractivity contribution in [3.8, 4) is 0 Å². The van der Waals surface area contributed by atoms with Gasteiger partial charge in [-0.1, -0.05) is 36.5 Å². The Morgan fingerprint density at radius 1 is 1.53 bits per heavy atom. The Balaban J connectivity index is 2.85. The van der Waals surface area contributed by atoms with Crippen molar-refractivity contribution in [2.45, 2.75) is 32.7 Å². The van der Waals surface area contributed by atoms with E-state index in [4.69, 9.17) is 23.2 Å². The van der Waals surface area contributed by atoms with Crippen molar-refractivity contribution in [2.24, 2.45) is 0 Å². The number of nitrogens with zero attached hydrogens (tertiary/aromatic N) is 2. The van der Waals surface area contributed by atoms with E-state index in [1.165, 1.54) is 6.20 Å². The second-order valence-corrected chi connectivity index (χ2v) is 4.82. The van der Waals surface area contributed by atoms with Crippen LogP contribution < -0.4 is 0 Å². The molecule has 0 bridgehead atoms. The molecule has 0 saturated carbocycles. The molecule has 1 amide bonds. The summed E-state index contributed by atoms with van der Waals surface area (Å²) in [7, 11) is 1.78. The number of amides is 1. The van der Waals surface area contributed by atoms with Crippen molar-refractivity contribution in [2.75, 3.05) is 7.05 Å². The van der Waals surface area contributed by atoms with E-state index in [-0.39, 0.29) is 17.1 Å². The quantitative estimate of drug-likeness (QED) is 0.786. The van der Waals surface area contributed by atoms with Crippen molar-refractivity contribution < 1.29 is 4.79 Å². The minimum absolute atomic E-state index is 0.0861. The molecule has 0 aromatic carbocycles. The van der Waals surface area contributed by atoms with Crippen LogP contribution in [0.5, 0.6) is 0 Å². The van der Waals surface area contributed by atoms with Gasteiger partial charge in [0.05, 0.1) is 10.6 Å². The van der Waals surface area contributed by atoms with Gasteiger partial charge in [-0.15, -0.1) is 0 Å². The van der Waals surface area contributed by atoms with E-state index < -0.39 is 0 Å². The Hall–Kier alpha value is -0.800. The van der Waals surface area contributed by atoms with Crippen LogP contribution in [-0.2, 0) is 0 Å². The van der Waals surface area contributed by atoms with E-state index >= 15 is 0 Å². The fourth-order valence-electron chi connectivity index (χ4n) is 1.55. The average Bonchev–Trinajstić information content (AvgIpc) is 2.31. The minimum Gasteiger partial charge on any atom is -0.339 e. The number of hydrogen-bond donors (Lipinski definition) is 0. The van der Waals surface area contributed by atoms with E-state index in [0.717, 1.165) is 12.8 Å². The van der Waals surface area contributed by atoms with Crippen LogP contribution >= 0.6 is 23.2 Å². The van der Waals surface area contributed by atoms with Crippen molar-refractivity contribution in [3.05, 3.63) is 28.0 Å². The second kappa shape index (κ2) is 6.22. The third-order valence-corrected chi connectivity index (χ3v) is 3.42. The third kappa shape index (κ3) is 3.58. The van der Waals surface area contributed by atoms with Crippen molar-refractivity contribution in [3.63, 3.8) is 0 Å². The predicted octanol–water partition coefficient (Wildman–Crippen LogP) is 3.65. The molecule has 1 unspecified atom stereocenters. The van der Waals surface area contributed by atoms with Gasteiger partial charge in [-0.3, -0.25) is 4.79 Å². The van der Waals surface area contributed by atoms with Gasteiger partial charge in [0.2, 0.25) is 0 Å². The summed E-state index contributed by atoms with van der Waals surface area (Å²) < 4.78 is 0. The molecule has 1 aromatic heterocycles. The lowest BCUT2D eigenvalue weighted by atomic mass is 10.1. The highest BCUT2D eigenvalue weighted by Gasteiger charge is 2.18. The summed E-state index contributed by atoms with van der Waals surface area (Å²) in [6, 6.07) is 1.75. The molecule has 94 valence electrons. The minimum atomic E-state index is -0.0861. The zero-order valence-corrected chi connectivity index (χ0v) is 11.7. The van der Waals surface area contributed by atoms with Crippen LogP contribution in [0, 0.1) is 0 Å². The van der Waals surface area contributed by atoms with Gasteiger partial charge in [-0.25, -0.2) is 4.98 Å². The standard InChI is InChI=1S/C12H16Cl2N2O/c1-4-5-8(2)16(3)12(17)9-6-10(13)11(14)15-7-9/h6-8H,4-5H2,1-3H3. The Morgan fingerprint density at radius 3 is 2.71 bits per heavy atom. The number of halogens is 2. The highest BCUT2D eigenvalue weighted by atomic mass is 35.5. The van der Waals surface area contributed by atoms with E-state index in [1.807, 2.05) is 6.92 Å². The molecule has 0 fully saturated rings. The molecular weight excluding hydrogens is 259 g/mol. The van der Waals surface area contributed by atoms with Crippen LogP contribution in [0.25, 0.3) is 0 Å². The summed E-state index contributed by atoms with van der Waals surface area (Å²) in [5, 5.41) is 0.515. The number of rotatable bonds is 4. The van der Waals surface area contributed by atoms with Crippen LogP contribution in [0.2, 0.25) is 10.2 Å². The highest BCUT2D eigenvalue weighted by Crippen LogP contribution is 2.21. The van der Waals surface area contributed by atoms with Crippen LogP contribution in [0.4, 0.5) is 0 Å². The molecule has 0 aliphatic rings. The number of carbonyl (C=O) groups excluding carboxylic acids is 1. The van der Waals surface area contributed by atoms with Gasteiger partial charge in [-0.2, -0.15) is 0 Å². The van der Waals surface area contributed by atoms with Gasteiger partial charge in [0.1, 0.15) is 5.15 Å². The second-order valence-electron chi connectivity index (χ2n) is 4.05. The van der Waals surface area contributed by atoms with Crippen molar-refractivity contribution in [1.29, 1.82) is 0 Å². The number of hydrogen-bond acceptors (Lipinski definition) is 2. The summed E-state index contributed by atoms with van der Waals surface area (Å²) in [5.74, 6) is -0.0861. The molecule has 1 atom stereocenters. The molecule has 1 heterocycles. The van der Waals surface area contributed by atoms with E-state index in [9.17, 15) is 4.79 Å². The predicted molar refractivity (Wildman–Crippen MR) is 70.7 cm³/mol. The lowest BCUT2D eigenvalue weighted by Gasteiger charge is -2.24. The largest absolute Gasteiger partial charge is 0.339 e. The Labute approximate surface area is 112 Å². The third-order valence-electron chi connectivity index (χ3n) is 2.73. The molecule has 0 N–H and O–H groups in total. The highest BCUT2D eigenvalue weighted by molar-refractivity contribution is 6.41. The molecule has 1 aromatic rings. The zero-order valence-electron chi connectivity index (χ0n) is 10.2. The molecule has 0 aliphatic heterocycles. The van der Waals surface area contributed by atoms with E-state index in [0.29, 0.717) is 10.6 Å². The van der Waals surface area contributed by atoms with Gasteiger partial charge in [0.25, 0.3) is 5.91 Å². The summed E-state index contributed by atoms with van der Waals surface area (Å²) in [6.45, 7) is 4.11. The van der Waals surface area contributed by atoms with Crippen LogP contribution in [0.3, 0.4) is 0 Å². The lowest BCUT2D eigenvalue weighted by molar-refractivity contribution is 0.0736. The molecule has 0 radical (unpaired) electrons. The van der Waals surface area contributed by atoms with Gasteiger partial charge in [-0.05, 0) is 19.4 Å². The molecule has 0 spiro atoms. The smallest absolute Gasteiger partial charge is 0.255 e. The maximum absolute atomic E-state index is 12.1. The summed E-state index contributed by atoms with van der Waals surface area (Å²) in [6.07, 6.45) is 3.46. The van der Waals surface area contributed by atoms with E-state index in [1.54, 1.807) is 18.0 Å². The Kier molecular flexibility index (Phi) is 5.22. The van der Waals surface area contributed by atoms with Gasteiger partial charge < -0.3 is 4.90 Å². The summed E-state index contributed by atoms with van der Waals surface area (Å²) in [5.41, 5.74) is 0.463. The number of aromatic nitrogens is 1. The number of pyridine rings is 1. The lowest BCUT2D eigenvalue weighted by Crippen LogP contribution is -2.35. The first kappa shape index (κ1) is 14.3. The first-order valence-electron chi connectivity index (χ1n) is 5.55. The fourth-order valence-corrected chi connectivity index (χ4v) is 1.82. The van der Waals surface area contributed by atoms with E-state index in [2.05, 4.69) is 11.9 Å². The van der Waals surface area contributed by atoms with Gasteiger partial charge in [0.15, 0.2) is 0 Å². The number of carbonyl (C=O) groups is 1. The Bertz CT molecular complexity index is 409. The van der Waals surface area contributed by atoms with Crippen LogP contribution in [0.15, 0.2) is 12.3 Å². The van der Waals surface area contributed by atoms with Crippen LogP contribution in [-0.4, -0.2) is 28.9 Å². The topological polar surface area (TPSA) is 33.2 Å². The molecule has 5 heteroatoms. The molecule has 3 nitrogen and oxygen atoms in total. The van der Waals surface area contributed by atoms with Crippen LogP contribution in [0.1, 0.15) is 37.0 Å². The SMILES string of the molecule is CCCC(C)N(C)C(=O)c1cnc(Cl)c(Cl)c1. The molecular formula is C12H16Cl2N2O. The van der Waals surface area contributed by atoms with Crippen molar-refractivity contribution >= 4 is 29.1 Å². The molecule has 0 aliphatic carbocycles. The monoisotopic (exact) mass is 274 g/mol. The molecule has 17 heavy (non-hydrogen) atoms. The van der Waals surface area contributed by atoms with Crippen molar-refractivity contribution in [1.82, 2.24) is 9.88 Å². The maximum Gasteiger partial charge on any atom is 0.255 e. The first-order chi connectivity index (χ1) is 7.97. The normalized spacial score (nSPS) is 12.3. The summed E-state index contributed by atoms with van der Waals surface area (Å²) in [4.78, 5) is 17.7. The maximum atomic E-state index is 12.1.